The molecule has 0 spiro atoms. The maximum Gasteiger partial charge on any atom is 0.236 e. The smallest absolute Gasteiger partial charge is 0.236 e. The average Bonchev–Trinajstić information content (AvgIpc) is 3.07. The van der Waals surface area contributed by atoms with Gasteiger partial charge in [-0.15, -0.1) is 10.2 Å². The Morgan fingerprint density at radius 3 is 2.62 bits per heavy atom. The minimum absolute atomic E-state index is 0.150. The van der Waals surface area contributed by atoms with Crippen molar-refractivity contribution in [2.24, 2.45) is 0 Å². The van der Waals surface area contributed by atoms with Crippen LogP contribution in [-0.2, 0) is 10.5 Å². The molecule has 0 unspecified atom stereocenters. The molecule has 24 heavy (non-hydrogen) atoms. The molecule has 1 amide bonds. The summed E-state index contributed by atoms with van der Waals surface area (Å²) in [5.41, 5.74) is 1.22. The van der Waals surface area contributed by atoms with Crippen LogP contribution in [0.1, 0.15) is 5.56 Å². The average molecular weight is 376 g/mol. The number of anilines is 1. The lowest BCUT2D eigenvalue weighted by atomic mass is 10.2. The molecule has 6 nitrogen and oxygen atoms in total. The van der Waals surface area contributed by atoms with Crippen molar-refractivity contribution in [1.82, 2.24) is 20.2 Å². The molecule has 0 bridgehead atoms. The summed E-state index contributed by atoms with van der Waals surface area (Å²) in [7, 11) is 0. The third-order valence-electron chi connectivity index (χ3n) is 2.73. The Bertz CT molecular complexity index is 782. The van der Waals surface area contributed by atoms with Crippen LogP contribution in [0.5, 0.6) is 0 Å². The van der Waals surface area contributed by atoms with Gasteiger partial charge in [-0.25, -0.2) is 9.97 Å². The fourth-order valence-electron chi connectivity index (χ4n) is 1.68. The van der Waals surface area contributed by atoms with Crippen molar-refractivity contribution in [3.63, 3.8) is 0 Å². The van der Waals surface area contributed by atoms with Gasteiger partial charge in [0.05, 0.1) is 5.75 Å². The minimum atomic E-state index is -0.150. The van der Waals surface area contributed by atoms with E-state index >= 15 is 0 Å². The number of thioether (sulfide) groups is 2. The van der Waals surface area contributed by atoms with Crippen LogP contribution in [0.4, 0.5) is 5.13 Å². The van der Waals surface area contributed by atoms with Gasteiger partial charge in [0.2, 0.25) is 11.0 Å². The minimum Gasteiger partial charge on any atom is -0.300 e. The summed E-state index contributed by atoms with van der Waals surface area (Å²) in [5.74, 6) is 0.906. The van der Waals surface area contributed by atoms with Crippen molar-refractivity contribution in [1.29, 1.82) is 0 Å². The normalized spacial score (nSPS) is 10.5. The van der Waals surface area contributed by atoms with Gasteiger partial charge in [0.25, 0.3) is 0 Å². The number of carbonyl (C=O) groups excluding carboxylic acids is 1. The second-order valence-electron chi connectivity index (χ2n) is 4.52. The predicted molar refractivity (Wildman–Crippen MR) is 97.3 cm³/mol. The van der Waals surface area contributed by atoms with E-state index < -0.39 is 0 Å². The highest BCUT2D eigenvalue weighted by Gasteiger charge is 2.10. The van der Waals surface area contributed by atoms with E-state index in [-0.39, 0.29) is 11.7 Å². The summed E-state index contributed by atoms with van der Waals surface area (Å²) < 4.78 is 0.827. The number of benzene rings is 1. The number of rotatable bonds is 7. The van der Waals surface area contributed by atoms with E-state index in [1.165, 1.54) is 28.7 Å². The Morgan fingerprint density at radius 1 is 1.04 bits per heavy atom. The molecule has 0 aliphatic heterocycles. The van der Waals surface area contributed by atoms with Crippen molar-refractivity contribution in [2.75, 3.05) is 11.1 Å². The Morgan fingerprint density at radius 2 is 1.83 bits per heavy atom. The molecule has 1 N–H and O–H groups in total. The number of carbonyl (C=O) groups is 1. The van der Waals surface area contributed by atoms with Crippen molar-refractivity contribution in [2.45, 2.75) is 15.2 Å². The zero-order valence-corrected chi connectivity index (χ0v) is 14.9. The number of hydrogen-bond donors (Lipinski definition) is 1. The lowest BCUT2D eigenvalue weighted by molar-refractivity contribution is -0.113. The lowest BCUT2D eigenvalue weighted by Crippen LogP contribution is -2.14. The van der Waals surface area contributed by atoms with E-state index in [9.17, 15) is 4.79 Å². The molecular weight excluding hydrogens is 362 g/mol. The maximum absolute atomic E-state index is 11.9. The summed E-state index contributed by atoms with van der Waals surface area (Å²) in [6, 6.07) is 11.9. The zero-order valence-electron chi connectivity index (χ0n) is 12.5. The molecule has 0 aliphatic carbocycles. The van der Waals surface area contributed by atoms with Gasteiger partial charge in [-0.1, -0.05) is 65.2 Å². The SMILES string of the molecule is O=C(CSc1ncccn1)Nc1nnc(SCc2ccccc2)s1. The van der Waals surface area contributed by atoms with Crippen LogP contribution in [0.2, 0.25) is 0 Å². The van der Waals surface area contributed by atoms with Crippen molar-refractivity contribution >= 4 is 45.9 Å². The molecule has 2 heterocycles. The zero-order chi connectivity index (χ0) is 16.6. The lowest BCUT2D eigenvalue weighted by Gasteiger charge is -2.00. The molecule has 9 heteroatoms. The van der Waals surface area contributed by atoms with Crippen LogP contribution in [0, 0.1) is 0 Å². The molecule has 0 saturated heterocycles. The van der Waals surface area contributed by atoms with E-state index in [1.54, 1.807) is 30.2 Å². The molecule has 0 atom stereocenters. The van der Waals surface area contributed by atoms with Crippen LogP contribution in [0.3, 0.4) is 0 Å². The summed E-state index contributed by atoms with van der Waals surface area (Å²) in [4.78, 5) is 20.0. The molecule has 0 aliphatic rings. The van der Waals surface area contributed by atoms with Gasteiger partial charge in [0.1, 0.15) is 0 Å². The fraction of sp³-hybridized carbons (Fsp3) is 0.133. The second-order valence-corrected chi connectivity index (χ2v) is 7.66. The third kappa shape index (κ3) is 5.29. The van der Waals surface area contributed by atoms with Crippen LogP contribution < -0.4 is 5.32 Å². The van der Waals surface area contributed by atoms with E-state index in [2.05, 4.69) is 37.6 Å². The number of nitrogens with one attached hydrogen (secondary N) is 1. The van der Waals surface area contributed by atoms with Crippen LogP contribution in [-0.4, -0.2) is 31.8 Å². The van der Waals surface area contributed by atoms with E-state index in [4.69, 9.17) is 0 Å². The van der Waals surface area contributed by atoms with Crippen molar-refractivity contribution in [3.05, 3.63) is 54.4 Å². The molecule has 122 valence electrons. The highest BCUT2D eigenvalue weighted by Crippen LogP contribution is 2.28. The summed E-state index contributed by atoms with van der Waals surface area (Å²) in [6.45, 7) is 0. The number of nitrogens with zero attached hydrogens (tertiary/aromatic N) is 4. The van der Waals surface area contributed by atoms with Gasteiger partial charge in [0, 0.05) is 18.1 Å². The third-order valence-corrected chi connectivity index (χ3v) is 5.65. The molecule has 3 aromatic rings. The summed E-state index contributed by atoms with van der Waals surface area (Å²) >= 11 is 4.25. The monoisotopic (exact) mass is 375 g/mol. The van der Waals surface area contributed by atoms with E-state index in [0.717, 1.165) is 10.1 Å². The summed E-state index contributed by atoms with van der Waals surface area (Å²) in [5, 5.41) is 11.9. The highest BCUT2D eigenvalue weighted by molar-refractivity contribution is 8.00. The molecule has 0 saturated carbocycles. The first-order valence-electron chi connectivity index (χ1n) is 6.99. The van der Waals surface area contributed by atoms with E-state index in [0.29, 0.717) is 10.3 Å². The molecule has 0 fully saturated rings. The predicted octanol–water partition coefficient (Wildman–Crippen LogP) is 3.35. The fourth-order valence-corrected chi connectivity index (χ4v) is 4.01. The van der Waals surface area contributed by atoms with Gasteiger partial charge in [-0.3, -0.25) is 10.1 Å². The van der Waals surface area contributed by atoms with Gasteiger partial charge < -0.3 is 0 Å². The van der Waals surface area contributed by atoms with Gasteiger partial charge >= 0.3 is 0 Å². The Kier molecular flexibility index (Phi) is 6.16. The van der Waals surface area contributed by atoms with Gasteiger partial charge in [-0.05, 0) is 11.6 Å². The standard InChI is InChI=1S/C15H13N5OS3/c21-12(10-22-13-16-7-4-8-17-13)18-14-19-20-15(24-14)23-9-11-5-2-1-3-6-11/h1-8H,9-10H2,(H,18,19,21). The molecule has 3 rings (SSSR count). The Labute approximate surface area is 151 Å². The molecular formula is C15H13N5OS3. The Balaban J connectivity index is 1.46. The first-order valence-corrected chi connectivity index (χ1v) is 9.78. The largest absolute Gasteiger partial charge is 0.300 e. The second kappa shape index (κ2) is 8.76. The van der Waals surface area contributed by atoms with E-state index in [1.807, 2.05) is 18.2 Å². The first-order chi connectivity index (χ1) is 11.8. The van der Waals surface area contributed by atoms with Crippen LogP contribution in [0.25, 0.3) is 0 Å². The van der Waals surface area contributed by atoms with Crippen LogP contribution in [0.15, 0.2) is 58.3 Å². The van der Waals surface area contributed by atoms with Crippen LogP contribution >= 0.6 is 34.9 Å². The van der Waals surface area contributed by atoms with Crippen molar-refractivity contribution in [3.8, 4) is 0 Å². The van der Waals surface area contributed by atoms with Gasteiger partial charge in [-0.2, -0.15) is 0 Å². The van der Waals surface area contributed by atoms with Gasteiger partial charge in [0.15, 0.2) is 9.50 Å². The number of amides is 1. The molecule has 2 aromatic heterocycles. The summed E-state index contributed by atoms with van der Waals surface area (Å²) in [6.07, 6.45) is 3.29. The Hall–Kier alpha value is -1.97. The van der Waals surface area contributed by atoms with Crippen molar-refractivity contribution < 1.29 is 4.79 Å². The number of hydrogen-bond acceptors (Lipinski definition) is 8. The molecule has 1 aromatic carbocycles. The maximum atomic E-state index is 11.9. The quantitative estimate of drug-likeness (QED) is 0.385. The highest BCUT2D eigenvalue weighted by atomic mass is 32.2. The number of aromatic nitrogens is 4. The topological polar surface area (TPSA) is 80.7 Å². The first kappa shape index (κ1) is 16.9. The molecule has 0 radical (unpaired) electrons.